The molecule has 0 heterocycles. The van der Waals surface area contributed by atoms with Gasteiger partial charge in [0.25, 0.3) is 0 Å². The molecule has 1 aromatic carbocycles. The predicted octanol–water partition coefficient (Wildman–Crippen LogP) is 2.99. The van der Waals surface area contributed by atoms with Crippen LogP contribution in [-0.4, -0.2) is 11.4 Å². The zero-order valence-corrected chi connectivity index (χ0v) is 8.96. The minimum atomic E-state index is 0.503. The van der Waals surface area contributed by atoms with Crippen LogP contribution < -0.4 is 4.90 Å². The Morgan fingerprint density at radius 1 is 1.50 bits per heavy atom. The molecule has 0 aromatic heterocycles. The van der Waals surface area contributed by atoms with Crippen LogP contribution in [0.2, 0.25) is 5.02 Å². The first-order valence-corrected chi connectivity index (χ1v) is 4.57. The fourth-order valence-electron chi connectivity index (χ4n) is 0.827. The minimum absolute atomic E-state index is 0.503. The van der Waals surface area contributed by atoms with Crippen LogP contribution in [0.1, 0.15) is 0 Å². The maximum absolute atomic E-state index is 5.93. The van der Waals surface area contributed by atoms with Crippen LogP contribution in [-0.2, 0) is 0 Å². The summed E-state index contributed by atoms with van der Waals surface area (Å²) in [6.07, 6.45) is 0. The summed E-state index contributed by atoms with van der Waals surface area (Å²) in [7, 11) is 1.83. The summed E-state index contributed by atoms with van der Waals surface area (Å²) in [5.74, 6) is 0. The molecule has 0 unspecified atom stereocenters. The van der Waals surface area contributed by atoms with Crippen molar-refractivity contribution in [2.75, 3.05) is 11.9 Å². The van der Waals surface area contributed by atoms with Crippen molar-refractivity contribution in [1.29, 1.82) is 0 Å². The molecule has 12 heavy (non-hydrogen) atoms. The average Bonchev–Trinajstić information content (AvgIpc) is 2.04. The summed E-state index contributed by atoms with van der Waals surface area (Å²) >= 11 is 14.9. The molecule has 0 aliphatic carbocycles. The topological polar surface area (TPSA) is 3.24 Å². The molecule has 1 aromatic rings. The van der Waals surface area contributed by atoms with E-state index in [2.05, 4.69) is 12.6 Å². The maximum atomic E-state index is 5.93. The Labute approximate surface area is 87.7 Å². The van der Waals surface area contributed by atoms with Crippen LogP contribution in [0.4, 0.5) is 5.69 Å². The van der Waals surface area contributed by atoms with Crippen molar-refractivity contribution in [3.63, 3.8) is 0 Å². The number of thiol groups is 1. The highest BCUT2D eigenvalue weighted by Gasteiger charge is 2.05. The molecule has 0 spiro atoms. The largest absolute Gasteiger partial charge is 0.329 e. The van der Waals surface area contributed by atoms with E-state index in [-0.39, 0.29) is 0 Å². The Morgan fingerprint density at radius 2 is 2.08 bits per heavy atom. The molecule has 0 fully saturated rings. The van der Waals surface area contributed by atoms with Crippen LogP contribution in [0.5, 0.6) is 0 Å². The smallest absolute Gasteiger partial charge is 0.137 e. The Hall–Kier alpha value is -0.250. The lowest BCUT2D eigenvalue weighted by atomic mass is 10.3. The van der Waals surface area contributed by atoms with E-state index >= 15 is 0 Å². The van der Waals surface area contributed by atoms with Crippen LogP contribution in [0.25, 0.3) is 0 Å². The number of hydrogen-bond acceptors (Lipinski definition) is 1. The van der Waals surface area contributed by atoms with E-state index in [1.165, 1.54) is 0 Å². The molecule has 1 nitrogen and oxygen atoms in total. The van der Waals surface area contributed by atoms with E-state index in [0.717, 1.165) is 5.69 Å². The molecular weight excluding hydrogens is 210 g/mol. The summed E-state index contributed by atoms with van der Waals surface area (Å²) in [4.78, 5) is 1.75. The van der Waals surface area contributed by atoms with Gasteiger partial charge in [-0.05, 0) is 12.1 Å². The van der Waals surface area contributed by atoms with E-state index in [1.807, 2.05) is 31.3 Å². The van der Waals surface area contributed by atoms with Gasteiger partial charge in [-0.3, -0.25) is 0 Å². The number of para-hydroxylation sites is 1. The zero-order chi connectivity index (χ0) is 9.14. The van der Waals surface area contributed by atoms with Gasteiger partial charge in [-0.1, -0.05) is 36.0 Å². The zero-order valence-electron chi connectivity index (χ0n) is 6.49. The third kappa shape index (κ3) is 2.12. The molecule has 0 saturated heterocycles. The standard InChI is InChI=1S/C8H8ClNS2/c1-10(8(11)12)7-5-3-2-4-6(7)9/h2-5H,1H3,(H,11,12). The third-order valence-corrected chi connectivity index (χ3v) is 2.39. The van der Waals surface area contributed by atoms with E-state index < -0.39 is 0 Å². The second-order valence-corrected chi connectivity index (χ2v) is 3.81. The van der Waals surface area contributed by atoms with E-state index in [9.17, 15) is 0 Å². The van der Waals surface area contributed by atoms with E-state index in [1.54, 1.807) is 4.90 Å². The summed E-state index contributed by atoms with van der Waals surface area (Å²) < 4.78 is 0.503. The van der Waals surface area contributed by atoms with Gasteiger partial charge in [-0.25, -0.2) is 0 Å². The second-order valence-electron chi connectivity index (χ2n) is 2.29. The minimum Gasteiger partial charge on any atom is -0.329 e. The predicted molar refractivity (Wildman–Crippen MR) is 61.4 cm³/mol. The molecule has 0 N–H and O–H groups in total. The van der Waals surface area contributed by atoms with Crippen molar-refractivity contribution >= 4 is 46.5 Å². The fourth-order valence-corrected chi connectivity index (χ4v) is 1.30. The van der Waals surface area contributed by atoms with Gasteiger partial charge in [0.1, 0.15) is 4.32 Å². The first kappa shape index (κ1) is 9.84. The number of anilines is 1. The summed E-state index contributed by atoms with van der Waals surface area (Å²) in [5, 5.41) is 0.677. The van der Waals surface area contributed by atoms with Gasteiger partial charge < -0.3 is 4.90 Å². The van der Waals surface area contributed by atoms with Crippen LogP contribution in [0.15, 0.2) is 24.3 Å². The molecule has 0 atom stereocenters. The Balaban J connectivity index is 3.02. The summed E-state index contributed by atoms with van der Waals surface area (Å²) in [6, 6.07) is 7.50. The van der Waals surface area contributed by atoms with Crippen molar-refractivity contribution in [2.45, 2.75) is 0 Å². The molecule has 0 aliphatic rings. The molecule has 64 valence electrons. The van der Waals surface area contributed by atoms with Gasteiger partial charge in [0.15, 0.2) is 0 Å². The van der Waals surface area contributed by atoms with Crippen molar-refractivity contribution in [3.8, 4) is 0 Å². The summed E-state index contributed by atoms with van der Waals surface area (Å²) in [5.41, 5.74) is 0.874. The highest BCUT2D eigenvalue weighted by molar-refractivity contribution is 8.11. The molecule has 0 radical (unpaired) electrons. The van der Waals surface area contributed by atoms with Gasteiger partial charge >= 0.3 is 0 Å². The van der Waals surface area contributed by atoms with E-state index in [4.69, 9.17) is 23.8 Å². The van der Waals surface area contributed by atoms with Crippen molar-refractivity contribution in [2.24, 2.45) is 0 Å². The van der Waals surface area contributed by atoms with Gasteiger partial charge in [-0.2, -0.15) is 0 Å². The molecule has 0 saturated carbocycles. The molecule has 0 aliphatic heterocycles. The SMILES string of the molecule is CN(C(=S)S)c1ccccc1Cl. The molecular formula is C8H8ClNS2. The van der Waals surface area contributed by atoms with Gasteiger partial charge in [0.05, 0.1) is 10.7 Å². The monoisotopic (exact) mass is 217 g/mol. The van der Waals surface area contributed by atoms with Crippen molar-refractivity contribution < 1.29 is 0 Å². The number of halogens is 1. The Morgan fingerprint density at radius 3 is 2.58 bits per heavy atom. The quantitative estimate of drug-likeness (QED) is 0.569. The van der Waals surface area contributed by atoms with Crippen molar-refractivity contribution in [1.82, 2.24) is 0 Å². The number of benzene rings is 1. The van der Waals surface area contributed by atoms with Crippen LogP contribution >= 0.6 is 36.4 Å². The molecule has 0 bridgehead atoms. The highest BCUT2D eigenvalue weighted by Crippen LogP contribution is 2.24. The van der Waals surface area contributed by atoms with Crippen molar-refractivity contribution in [3.05, 3.63) is 29.3 Å². The normalized spacial score (nSPS) is 9.58. The lowest BCUT2D eigenvalue weighted by Crippen LogP contribution is -2.19. The second kappa shape index (κ2) is 4.12. The van der Waals surface area contributed by atoms with Gasteiger partial charge in [0.2, 0.25) is 0 Å². The fraction of sp³-hybridized carbons (Fsp3) is 0.125. The summed E-state index contributed by atoms with van der Waals surface area (Å²) in [6.45, 7) is 0. The highest BCUT2D eigenvalue weighted by atomic mass is 35.5. The van der Waals surface area contributed by atoms with Crippen LogP contribution in [0, 0.1) is 0 Å². The first-order valence-electron chi connectivity index (χ1n) is 3.34. The van der Waals surface area contributed by atoms with E-state index in [0.29, 0.717) is 9.34 Å². The first-order chi connectivity index (χ1) is 5.63. The maximum Gasteiger partial charge on any atom is 0.137 e. The third-order valence-electron chi connectivity index (χ3n) is 1.50. The average molecular weight is 218 g/mol. The molecule has 1 rings (SSSR count). The number of nitrogens with zero attached hydrogens (tertiary/aromatic N) is 1. The number of hydrogen-bond donors (Lipinski definition) is 1. The van der Waals surface area contributed by atoms with Crippen LogP contribution in [0.3, 0.4) is 0 Å². The Bertz CT molecular complexity index is 301. The lowest BCUT2D eigenvalue weighted by Gasteiger charge is -2.17. The molecule has 4 heteroatoms. The Kier molecular flexibility index (Phi) is 3.38. The lowest BCUT2D eigenvalue weighted by molar-refractivity contribution is 1.31. The number of rotatable bonds is 1. The molecule has 0 amide bonds. The van der Waals surface area contributed by atoms with Gasteiger partial charge in [0, 0.05) is 7.05 Å². The van der Waals surface area contributed by atoms with Gasteiger partial charge in [-0.15, -0.1) is 12.6 Å². The number of thiocarbonyl (C=S) groups is 1.